The van der Waals surface area contributed by atoms with Crippen molar-refractivity contribution in [1.82, 2.24) is 0 Å². The molecule has 2 aromatic carbocycles. The summed E-state index contributed by atoms with van der Waals surface area (Å²) >= 11 is 3.44. The van der Waals surface area contributed by atoms with Gasteiger partial charge >= 0.3 is 0 Å². The Morgan fingerprint density at radius 2 is 1.67 bits per heavy atom. The molecule has 1 N–H and O–H groups in total. The first-order valence-corrected chi connectivity index (χ1v) is 7.99. The number of methoxy groups -OCH3 is 3. The molecule has 0 aromatic heterocycles. The highest BCUT2D eigenvalue weighted by Gasteiger charge is 2.25. The molecule has 0 radical (unpaired) electrons. The van der Waals surface area contributed by atoms with Crippen LogP contribution in [-0.4, -0.2) is 27.2 Å². The highest BCUT2D eigenvalue weighted by molar-refractivity contribution is 9.10. The minimum absolute atomic E-state index is 0.164. The maximum absolute atomic E-state index is 12.4. The molecule has 24 heavy (non-hydrogen) atoms. The summed E-state index contributed by atoms with van der Waals surface area (Å²) < 4.78 is 17.0. The number of nitrogens with one attached hydrogen (secondary N) is 1. The minimum atomic E-state index is -0.164. The normalized spacial score (nSPS) is 14.3. The van der Waals surface area contributed by atoms with Crippen LogP contribution in [0.15, 0.2) is 34.8 Å². The zero-order valence-electron chi connectivity index (χ0n) is 13.5. The van der Waals surface area contributed by atoms with E-state index in [1.165, 1.54) is 0 Å². The van der Waals surface area contributed by atoms with Crippen LogP contribution in [0.2, 0.25) is 0 Å². The molecule has 1 aliphatic heterocycles. The Labute approximate surface area is 148 Å². The molecular formula is C18H16BrNO4. The van der Waals surface area contributed by atoms with E-state index < -0.39 is 0 Å². The van der Waals surface area contributed by atoms with E-state index in [2.05, 4.69) is 21.2 Å². The number of fused-ring (bicyclic) bond motifs is 1. The first-order chi connectivity index (χ1) is 11.6. The standard InChI is InChI=1S/C18H16BrNO4/c1-22-11-7-16(23-2)14(17(8-11)24-3)9-13-12-6-10(19)4-5-15(12)20-18(13)21/h4-9H,1-3H3,(H,20,21). The fourth-order valence-corrected chi connectivity index (χ4v) is 2.98. The number of anilines is 1. The van der Waals surface area contributed by atoms with Gasteiger partial charge in [0.15, 0.2) is 0 Å². The van der Waals surface area contributed by atoms with E-state index in [0.717, 1.165) is 15.7 Å². The van der Waals surface area contributed by atoms with Crippen molar-refractivity contribution >= 4 is 39.2 Å². The second-order valence-corrected chi connectivity index (χ2v) is 6.06. The lowest BCUT2D eigenvalue weighted by molar-refractivity contribution is -0.110. The fraction of sp³-hybridized carbons (Fsp3) is 0.167. The highest BCUT2D eigenvalue weighted by Crippen LogP contribution is 2.40. The van der Waals surface area contributed by atoms with E-state index in [1.807, 2.05) is 18.2 Å². The highest BCUT2D eigenvalue weighted by atomic mass is 79.9. The van der Waals surface area contributed by atoms with Crippen LogP contribution in [0.3, 0.4) is 0 Å². The van der Waals surface area contributed by atoms with Crippen LogP contribution in [0.4, 0.5) is 5.69 Å². The van der Waals surface area contributed by atoms with Gasteiger partial charge in [0.05, 0.1) is 26.9 Å². The zero-order valence-corrected chi connectivity index (χ0v) is 15.1. The van der Waals surface area contributed by atoms with Crippen LogP contribution >= 0.6 is 15.9 Å². The molecule has 124 valence electrons. The summed E-state index contributed by atoms with van der Waals surface area (Å²) in [6, 6.07) is 9.16. The Bertz CT molecular complexity index is 820. The molecule has 0 fully saturated rings. The Hall–Kier alpha value is -2.47. The largest absolute Gasteiger partial charge is 0.496 e. The van der Waals surface area contributed by atoms with Gasteiger partial charge < -0.3 is 19.5 Å². The van der Waals surface area contributed by atoms with E-state index in [-0.39, 0.29) is 5.91 Å². The van der Waals surface area contributed by atoms with Crippen molar-refractivity contribution in [3.8, 4) is 17.2 Å². The fourth-order valence-electron chi connectivity index (χ4n) is 2.62. The summed E-state index contributed by atoms with van der Waals surface area (Å²) in [5, 5.41) is 2.86. The number of rotatable bonds is 4. The third-order valence-electron chi connectivity index (χ3n) is 3.81. The molecule has 1 heterocycles. The Balaban J connectivity index is 2.19. The van der Waals surface area contributed by atoms with Crippen molar-refractivity contribution in [2.24, 2.45) is 0 Å². The van der Waals surface area contributed by atoms with Gasteiger partial charge in [0.25, 0.3) is 5.91 Å². The second kappa shape index (κ2) is 6.57. The summed E-state index contributed by atoms with van der Waals surface area (Å²) in [6.07, 6.45) is 1.77. The number of ether oxygens (including phenoxy) is 3. The maximum Gasteiger partial charge on any atom is 0.256 e. The van der Waals surface area contributed by atoms with Crippen LogP contribution < -0.4 is 19.5 Å². The maximum atomic E-state index is 12.4. The van der Waals surface area contributed by atoms with Crippen molar-refractivity contribution in [2.45, 2.75) is 0 Å². The molecule has 0 saturated heterocycles. The first kappa shape index (κ1) is 16.4. The smallest absolute Gasteiger partial charge is 0.256 e. The third-order valence-corrected chi connectivity index (χ3v) is 4.30. The molecule has 0 saturated carbocycles. The molecule has 6 heteroatoms. The predicted octanol–water partition coefficient (Wildman–Crippen LogP) is 3.97. The summed E-state index contributed by atoms with van der Waals surface area (Å²) in [7, 11) is 4.70. The molecule has 0 atom stereocenters. The predicted molar refractivity (Wildman–Crippen MR) is 96.7 cm³/mol. The molecule has 2 aromatic rings. The first-order valence-electron chi connectivity index (χ1n) is 7.20. The van der Waals surface area contributed by atoms with Crippen molar-refractivity contribution in [1.29, 1.82) is 0 Å². The van der Waals surface area contributed by atoms with Crippen molar-refractivity contribution in [3.05, 3.63) is 45.9 Å². The Kier molecular flexibility index (Phi) is 4.49. The van der Waals surface area contributed by atoms with Crippen LogP contribution in [0, 0.1) is 0 Å². The summed E-state index contributed by atoms with van der Waals surface area (Å²) in [6.45, 7) is 0. The molecule has 0 bridgehead atoms. The van der Waals surface area contributed by atoms with Gasteiger partial charge in [0, 0.05) is 33.4 Å². The van der Waals surface area contributed by atoms with Crippen LogP contribution in [-0.2, 0) is 4.79 Å². The van der Waals surface area contributed by atoms with Gasteiger partial charge in [-0.3, -0.25) is 4.79 Å². The average Bonchev–Trinajstić information content (AvgIpc) is 2.90. The average molecular weight is 390 g/mol. The summed E-state index contributed by atoms with van der Waals surface area (Å²) in [4.78, 5) is 12.4. The van der Waals surface area contributed by atoms with Gasteiger partial charge in [0.2, 0.25) is 0 Å². The van der Waals surface area contributed by atoms with E-state index in [9.17, 15) is 4.79 Å². The lowest BCUT2D eigenvalue weighted by atomic mass is 10.0. The second-order valence-electron chi connectivity index (χ2n) is 5.15. The van der Waals surface area contributed by atoms with E-state index >= 15 is 0 Å². The van der Waals surface area contributed by atoms with E-state index in [0.29, 0.717) is 28.4 Å². The number of benzene rings is 2. The van der Waals surface area contributed by atoms with Crippen LogP contribution in [0.5, 0.6) is 17.2 Å². The van der Waals surface area contributed by atoms with E-state index in [1.54, 1.807) is 39.5 Å². The lowest BCUT2D eigenvalue weighted by Gasteiger charge is -2.13. The van der Waals surface area contributed by atoms with Gasteiger partial charge in [-0.2, -0.15) is 0 Å². The van der Waals surface area contributed by atoms with Gasteiger partial charge in [-0.05, 0) is 24.3 Å². The monoisotopic (exact) mass is 389 g/mol. The van der Waals surface area contributed by atoms with Gasteiger partial charge in [-0.1, -0.05) is 15.9 Å². The van der Waals surface area contributed by atoms with E-state index in [4.69, 9.17) is 14.2 Å². The molecule has 5 nitrogen and oxygen atoms in total. The molecule has 1 aliphatic rings. The summed E-state index contributed by atoms with van der Waals surface area (Å²) in [5.74, 6) is 1.58. The Morgan fingerprint density at radius 1 is 1.00 bits per heavy atom. The van der Waals surface area contributed by atoms with Crippen molar-refractivity contribution in [2.75, 3.05) is 26.6 Å². The number of hydrogen-bond acceptors (Lipinski definition) is 4. The molecule has 0 spiro atoms. The molecule has 3 rings (SSSR count). The van der Waals surface area contributed by atoms with Gasteiger partial charge in [0.1, 0.15) is 17.2 Å². The van der Waals surface area contributed by atoms with Crippen molar-refractivity contribution < 1.29 is 19.0 Å². The minimum Gasteiger partial charge on any atom is -0.496 e. The summed E-state index contributed by atoms with van der Waals surface area (Å²) in [5.41, 5.74) is 2.84. The number of carbonyl (C=O) groups is 1. The van der Waals surface area contributed by atoms with Crippen LogP contribution in [0.25, 0.3) is 11.6 Å². The number of amides is 1. The molecule has 0 unspecified atom stereocenters. The molecule has 1 amide bonds. The number of hydrogen-bond donors (Lipinski definition) is 1. The van der Waals surface area contributed by atoms with Gasteiger partial charge in [-0.15, -0.1) is 0 Å². The molecule has 0 aliphatic carbocycles. The zero-order chi connectivity index (χ0) is 17.3. The lowest BCUT2D eigenvalue weighted by Crippen LogP contribution is -2.04. The number of halogens is 1. The van der Waals surface area contributed by atoms with Crippen LogP contribution in [0.1, 0.15) is 11.1 Å². The Morgan fingerprint density at radius 3 is 2.25 bits per heavy atom. The van der Waals surface area contributed by atoms with Crippen molar-refractivity contribution in [3.63, 3.8) is 0 Å². The SMILES string of the molecule is COc1cc(OC)c(C=C2C(=O)Nc3ccc(Br)cc32)c(OC)c1. The quantitative estimate of drug-likeness (QED) is 0.803. The third kappa shape index (κ3) is 2.85. The molecular weight excluding hydrogens is 374 g/mol. The topological polar surface area (TPSA) is 56.8 Å². The van der Waals surface area contributed by atoms with Gasteiger partial charge in [-0.25, -0.2) is 0 Å². The number of carbonyl (C=O) groups excluding carboxylic acids is 1.